The Balaban J connectivity index is 3.55. The van der Waals surface area contributed by atoms with Crippen molar-refractivity contribution in [3.05, 3.63) is 11.1 Å². The van der Waals surface area contributed by atoms with Crippen molar-refractivity contribution in [1.29, 1.82) is 5.26 Å². The molecule has 0 aliphatic heterocycles. The quantitative estimate of drug-likeness (QED) is 0.500. The van der Waals surface area contributed by atoms with Crippen LogP contribution in [-0.2, 0) is 38.1 Å². The van der Waals surface area contributed by atoms with Gasteiger partial charge in [-0.1, -0.05) is 11.6 Å². The Kier molecular flexibility index (Phi) is 7.15. The highest BCUT2D eigenvalue weighted by atomic mass is 35.5. The van der Waals surface area contributed by atoms with E-state index in [1.54, 1.807) is 0 Å². The Hall–Kier alpha value is -2.60. The summed E-state index contributed by atoms with van der Waals surface area (Å²) in [6.45, 7) is 3.86. The van der Waals surface area contributed by atoms with E-state index in [0.29, 0.717) is 0 Å². The zero-order valence-electron chi connectivity index (χ0n) is 14.6. The predicted octanol–water partition coefficient (Wildman–Crippen LogP) is 0.991. The summed E-state index contributed by atoms with van der Waals surface area (Å²) in [5, 5.41) is 9.81. The fraction of sp³-hybridized carbons (Fsp3) is 0.562. The van der Waals surface area contributed by atoms with Crippen molar-refractivity contribution in [3.63, 3.8) is 0 Å². The molecule has 0 unspecified atom stereocenters. The number of ether oxygens (including phenoxy) is 4. The summed E-state index contributed by atoms with van der Waals surface area (Å²) in [4.78, 5) is 45.8. The van der Waals surface area contributed by atoms with Gasteiger partial charge in [-0.3, -0.25) is 19.2 Å². The molecular weight excluding hydrogens is 370 g/mol. The van der Waals surface area contributed by atoms with Gasteiger partial charge in [0.1, 0.15) is 6.61 Å². The molecule has 9 nitrogen and oxygen atoms in total. The molecule has 0 radical (unpaired) electrons. The van der Waals surface area contributed by atoms with Gasteiger partial charge < -0.3 is 18.9 Å². The molecule has 142 valence electrons. The average molecular weight is 388 g/mol. The van der Waals surface area contributed by atoms with Crippen LogP contribution in [0.5, 0.6) is 0 Å². The normalized spacial score (nSPS) is 28.8. The molecule has 0 heterocycles. The summed E-state index contributed by atoms with van der Waals surface area (Å²) in [6, 6.07) is 1.91. The third kappa shape index (κ3) is 4.52. The van der Waals surface area contributed by atoms with Crippen LogP contribution in [0, 0.1) is 16.7 Å². The minimum atomic E-state index is -1.81. The van der Waals surface area contributed by atoms with Gasteiger partial charge in [0.25, 0.3) is 0 Å². The Bertz CT molecular complexity index is 682. The van der Waals surface area contributed by atoms with Crippen LogP contribution in [0.2, 0.25) is 0 Å². The summed E-state index contributed by atoms with van der Waals surface area (Å²) in [5.41, 5.74) is -0.866. The highest BCUT2D eigenvalue weighted by molar-refractivity contribution is 6.26. The van der Waals surface area contributed by atoms with Crippen molar-refractivity contribution < 1.29 is 38.1 Å². The van der Waals surface area contributed by atoms with E-state index in [1.165, 1.54) is 0 Å². The molecule has 0 bridgehead atoms. The number of esters is 4. The molecule has 26 heavy (non-hydrogen) atoms. The van der Waals surface area contributed by atoms with Gasteiger partial charge in [0.2, 0.25) is 0 Å². The summed E-state index contributed by atoms with van der Waals surface area (Å²) in [5.74, 6) is -2.99. The minimum absolute atomic E-state index is 0.0179. The fourth-order valence-electron chi connectivity index (χ4n) is 2.71. The van der Waals surface area contributed by atoms with Crippen LogP contribution in [0.1, 0.15) is 27.7 Å². The number of carbonyl (C=O) groups excluding carboxylic acids is 4. The second-order valence-corrected chi connectivity index (χ2v) is 5.78. The van der Waals surface area contributed by atoms with E-state index in [1.807, 2.05) is 6.07 Å². The van der Waals surface area contributed by atoms with E-state index >= 15 is 0 Å². The van der Waals surface area contributed by atoms with Crippen LogP contribution in [0.25, 0.3) is 0 Å². The van der Waals surface area contributed by atoms with Gasteiger partial charge in [-0.25, -0.2) is 0 Å². The first-order valence-electron chi connectivity index (χ1n) is 7.46. The molecule has 0 N–H and O–H groups in total. The van der Waals surface area contributed by atoms with E-state index in [-0.39, 0.29) is 5.57 Å². The van der Waals surface area contributed by atoms with Gasteiger partial charge in [-0.2, -0.15) is 5.26 Å². The van der Waals surface area contributed by atoms with E-state index < -0.39 is 54.2 Å². The SMILES string of the molecule is CC(=O)OC[C@@]1(C#N)/C(=C\Cl)[C@H](OC(C)=O)[C@H](OC(C)=O)[C@@H]1OC(C)=O. The highest BCUT2D eigenvalue weighted by Gasteiger charge is 2.64. The van der Waals surface area contributed by atoms with Crippen molar-refractivity contribution in [2.45, 2.75) is 46.0 Å². The maximum absolute atomic E-state index is 11.6. The summed E-state index contributed by atoms with van der Waals surface area (Å²) in [7, 11) is 0. The second-order valence-electron chi connectivity index (χ2n) is 5.56. The van der Waals surface area contributed by atoms with Crippen LogP contribution in [0.4, 0.5) is 0 Å². The third-order valence-electron chi connectivity index (χ3n) is 3.61. The molecule has 0 aromatic rings. The first kappa shape index (κ1) is 21.4. The van der Waals surface area contributed by atoms with E-state index in [2.05, 4.69) is 0 Å². The first-order valence-corrected chi connectivity index (χ1v) is 7.89. The molecule has 0 aromatic carbocycles. The smallest absolute Gasteiger partial charge is 0.303 e. The second kappa shape index (κ2) is 8.67. The molecule has 1 fully saturated rings. The molecule has 1 saturated carbocycles. The first-order chi connectivity index (χ1) is 12.1. The van der Waals surface area contributed by atoms with Gasteiger partial charge in [0, 0.05) is 38.8 Å². The summed E-state index contributed by atoms with van der Waals surface area (Å²) in [6.07, 6.45) is -4.06. The van der Waals surface area contributed by atoms with Gasteiger partial charge >= 0.3 is 23.9 Å². The van der Waals surface area contributed by atoms with Gasteiger partial charge in [0.15, 0.2) is 23.7 Å². The molecule has 4 atom stereocenters. The average Bonchev–Trinajstić information content (AvgIpc) is 2.74. The molecule has 1 rings (SSSR count). The lowest BCUT2D eigenvalue weighted by molar-refractivity contribution is -0.178. The van der Waals surface area contributed by atoms with Crippen LogP contribution >= 0.6 is 11.6 Å². The van der Waals surface area contributed by atoms with Crippen LogP contribution in [0.3, 0.4) is 0 Å². The fourth-order valence-corrected chi connectivity index (χ4v) is 3.02. The molecule has 0 aromatic heterocycles. The highest BCUT2D eigenvalue weighted by Crippen LogP contribution is 2.48. The number of carbonyl (C=O) groups is 4. The van der Waals surface area contributed by atoms with Crippen molar-refractivity contribution >= 4 is 35.5 Å². The van der Waals surface area contributed by atoms with Crippen LogP contribution in [-0.4, -0.2) is 48.8 Å². The molecule has 0 saturated heterocycles. The minimum Gasteiger partial charge on any atom is -0.464 e. The predicted molar refractivity (Wildman–Crippen MR) is 85.3 cm³/mol. The van der Waals surface area contributed by atoms with Crippen LogP contribution < -0.4 is 0 Å². The lowest BCUT2D eigenvalue weighted by atomic mass is 9.83. The topological polar surface area (TPSA) is 129 Å². The van der Waals surface area contributed by atoms with Crippen molar-refractivity contribution in [2.75, 3.05) is 6.61 Å². The van der Waals surface area contributed by atoms with Gasteiger partial charge in [0.05, 0.1) is 6.07 Å². The third-order valence-corrected chi connectivity index (χ3v) is 3.85. The number of rotatable bonds is 5. The maximum atomic E-state index is 11.6. The number of nitrogens with zero attached hydrogens (tertiary/aromatic N) is 1. The molecule has 0 amide bonds. The van der Waals surface area contributed by atoms with Gasteiger partial charge in [-0.15, -0.1) is 0 Å². The standard InChI is InChI=1S/C16H18ClNO8/c1-8(19)23-7-16(6-18)12(5-17)13(24-9(2)20)14(25-10(3)21)15(16)26-11(4)22/h5,13-15H,7H2,1-4H3/b12-5-/t13-,14-,15-,16-/m0/s1. The number of hydrogen-bond donors (Lipinski definition) is 0. The maximum Gasteiger partial charge on any atom is 0.303 e. The molecule has 10 heteroatoms. The van der Waals surface area contributed by atoms with Crippen molar-refractivity contribution in [2.24, 2.45) is 5.41 Å². The monoisotopic (exact) mass is 387 g/mol. The number of hydrogen-bond acceptors (Lipinski definition) is 9. The lowest BCUT2D eigenvalue weighted by Gasteiger charge is -2.29. The summed E-state index contributed by atoms with van der Waals surface area (Å²) < 4.78 is 20.4. The zero-order valence-corrected chi connectivity index (χ0v) is 15.4. The zero-order chi connectivity index (χ0) is 20.1. The Morgan fingerprint density at radius 3 is 1.96 bits per heavy atom. The molecular formula is C16H18ClNO8. The van der Waals surface area contributed by atoms with Crippen molar-refractivity contribution in [3.8, 4) is 6.07 Å². The Labute approximate surface area is 154 Å². The van der Waals surface area contributed by atoms with E-state index in [9.17, 15) is 24.4 Å². The lowest BCUT2D eigenvalue weighted by Crippen LogP contribution is -2.45. The Morgan fingerprint density at radius 2 is 1.58 bits per heavy atom. The summed E-state index contributed by atoms with van der Waals surface area (Å²) >= 11 is 5.84. The number of halogens is 1. The molecule has 1 aliphatic rings. The van der Waals surface area contributed by atoms with E-state index in [4.69, 9.17) is 30.5 Å². The van der Waals surface area contributed by atoms with Crippen LogP contribution in [0.15, 0.2) is 11.1 Å². The van der Waals surface area contributed by atoms with Gasteiger partial charge in [-0.05, 0) is 0 Å². The van der Waals surface area contributed by atoms with E-state index in [0.717, 1.165) is 33.2 Å². The molecule has 1 aliphatic carbocycles. The Morgan fingerprint density at radius 1 is 1.04 bits per heavy atom. The largest absolute Gasteiger partial charge is 0.464 e. The number of nitriles is 1. The molecule has 0 spiro atoms. The van der Waals surface area contributed by atoms with Crippen molar-refractivity contribution in [1.82, 2.24) is 0 Å².